The van der Waals surface area contributed by atoms with Gasteiger partial charge in [-0.25, -0.2) is 0 Å². The van der Waals surface area contributed by atoms with Gasteiger partial charge >= 0.3 is 0 Å². The van der Waals surface area contributed by atoms with Crippen LogP contribution in [0.25, 0.3) is 0 Å². The summed E-state index contributed by atoms with van der Waals surface area (Å²) < 4.78 is 0. The molecule has 0 aromatic heterocycles. The Kier molecular flexibility index (Phi) is 2.64. The van der Waals surface area contributed by atoms with Crippen LogP contribution in [-0.2, 0) is 4.84 Å². The molecule has 64 valence electrons. The molecule has 0 aliphatic heterocycles. The first-order chi connectivity index (χ1) is 5.20. The zero-order chi connectivity index (χ0) is 8.27. The molecule has 0 aromatic rings. The lowest BCUT2D eigenvalue weighted by atomic mass is 9.93. The van der Waals surface area contributed by atoms with Crippen LogP contribution in [0, 0.1) is 10.1 Å². The number of quaternary nitrogens is 1. The summed E-state index contributed by atoms with van der Waals surface area (Å²) in [5.41, 5.74) is 3.80. The molecular formula is C6H13N2O3+. The van der Waals surface area contributed by atoms with Crippen LogP contribution < -0.4 is 5.73 Å². The zero-order valence-electron chi connectivity index (χ0n) is 6.36. The smallest absolute Gasteiger partial charge is 0.295 e. The molecule has 5 nitrogen and oxygen atoms in total. The van der Waals surface area contributed by atoms with Gasteiger partial charge in [-0.1, -0.05) is 6.42 Å². The van der Waals surface area contributed by atoms with E-state index in [9.17, 15) is 10.1 Å². The van der Waals surface area contributed by atoms with E-state index in [1.54, 1.807) is 0 Å². The van der Waals surface area contributed by atoms with Gasteiger partial charge in [-0.15, -0.1) is 10.1 Å². The van der Waals surface area contributed by atoms with Crippen molar-refractivity contribution in [1.29, 1.82) is 0 Å². The molecular weight excluding hydrogens is 148 g/mol. The largest absolute Gasteiger partial charge is 0.353 e. The molecule has 1 aliphatic carbocycles. The van der Waals surface area contributed by atoms with E-state index in [0.717, 1.165) is 25.7 Å². The highest BCUT2D eigenvalue weighted by Gasteiger charge is 2.27. The molecule has 1 rings (SSSR count). The van der Waals surface area contributed by atoms with Gasteiger partial charge < -0.3 is 10.6 Å². The summed E-state index contributed by atoms with van der Waals surface area (Å²) in [6, 6.07) is 0.0918. The zero-order valence-corrected chi connectivity index (χ0v) is 6.36. The minimum absolute atomic E-state index is 0.0918. The Labute approximate surface area is 64.6 Å². The van der Waals surface area contributed by atoms with Gasteiger partial charge in [0.05, 0.1) is 0 Å². The van der Waals surface area contributed by atoms with Crippen LogP contribution in [-0.4, -0.2) is 17.2 Å². The summed E-state index contributed by atoms with van der Waals surface area (Å²) in [5.74, 6) is 0. The molecule has 0 aromatic carbocycles. The SMILES string of the molecule is [NH3+]C1CCCCC1O[N+](=O)[O-]. The predicted molar refractivity (Wildman–Crippen MR) is 37.0 cm³/mol. The number of rotatable bonds is 2. The molecule has 3 N–H and O–H groups in total. The quantitative estimate of drug-likeness (QED) is 0.448. The number of hydrogen-bond donors (Lipinski definition) is 1. The van der Waals surface area contributed by atoms with Gasteiger partial charge in [0.25, 0.3) is 5.09 Å². The van der Waals surface area contributed by atoms with Crippen molar-refractivity contribution in [2.24, 2.45) is 0 Å². The molecule has 2 atom stereocenters. The molecule has 5 heteroatoms. The van der Waals surface area contributed by atoms with E-state index in [1.807, 2.05) is 0 Å². The third-order valence-electron chi connectivity index (χ3n) is 2.06. The molecule has 1 saturated carbocycles. The van der Waals surface area contributed by atoms with Crippen LogP contribution in [0.5, 0.6) is 0 Å². The minimum Gasteiger partial charge on any atom is -0.353 e. The average molecular weight is 161 g/mol. The predicted octanol–water partition coefficient (Wildman–Crippen LogP) is -0.252. The van der Waals surface area contributed by atoms with Gasteiger partial charge in [-0.05, 0) is 12.8 Å². The van der Waals surface area contributed by atoms with Crippen molar-refractivity contribution >= 4 is 0 Å². The van der Waals surface area contributed by atoms with E-state index in [2.05, 4.69) is 10.6 Å². The Morgan fingerprint density at radius 3 is 2.64 bits per heavy atom. The van der Waals surface area contributed by atoms with Crippen molar-refractivity contribution in [3.05, 3.63) is 10.1 Å². The molecule has 0 saturated heterocycles. The second-order valence-corrected chi connectivity index (χ2v) is 2.91. The van der Waals surface area contributed by atoms with Crippen LogP contribution in [0.3, 0.4) is 0 Å². The van der Waals surface area contributed by atoms with E-state index < -0.39 is 5.09 Å². The summed E-state index contributed by atoms with van der Waals surface area (Å²) in [6.45, 7) is 0. The monoisotopic (exact) mass is 161 g/mol. The second-order valence-electron chi connectivity index (χ2n) is 2.91. The number of nitrogens with zero attached hydrogens (tertiary/aromatic N) is 1. The van der Waals surface area contributed by atoms with Crippen molar-refractivity contribution in [3.8, 4) is 0 Å². The Morgan fingerprint density at radius 1 is 1.45 bits per heavy atom. The topological polar surface area (TPSA) is 80.0 Å². The highest BCUT2D eigenvalue weighted by Crippen LogP contribution is 2.18. The lowest BCUT2D eigenvalue weighted by Crippen LogP contribution is -2.67. The van der Waals surface area contributed by atoms with Gasteiger partial charge in [0, 0.05) is 6.42 Å². The van der Waals surface area contributed by atoms with Crippen LogP contribution in [0.2, 0.25) is 0 Å². The highest BCUT2D eigenvalue weighted by molar-refractivity contribution is 4.72. The first kappa shape index (κ1) is 8.26. The van der Waals surface area contributed by atoms with E-state index in [1.165, 1.54) is 0 Å². The fraction of sp³-hybridized carbons (Fsp3) is 1.00. The molecule has 11 heavy (non-hydrogen) atoms. The third-order valence-corrected chi connectivity index (χ3v) is 2.06. The van der Waals surface area contributed by atoms with Crippen LogP contribution in [0.15, 0.2) is 0 Å². The van der Waals surface area contributed by atoms with Gasteiger partial charge in [0.2, 0.25) is 0 Å². The maximum absolute atomic E-state index is 9.97. The lowest BCUT2D eigenvalue weighted by Gasteiger charge is -2.23. The standard InChI is InChI=1S/C6H12N2O3/c7-5-3-1-2-4-6(5)11-8(9)10/h5-6H,1-4,7H2/p+1. The van der Waals surface area contributed by atoms with Crippen molar-refractivity contribution in [3.63, 3.8) is 0 Å². The first-order valence-electron chi connectivity index (χ1n) is 3.84. The minimum atomic E-state index is -0.714. The van der Waals surface area contributed by atoms with E-state index in [4.69, 9.17) is 0 Å². The van der Waals surface area contributed by atoms with E-state index >= 15 is 0 Å². The molecule has 1 fully saturated rings. The van der Waals surface area contributed by atoms with Crippen LogP contribution >= 0.6 is 0 Å². The maximum Gasteiger partial charge on any atom is 0.295 e. The molecule has 0 spiro atoms. The average Bonchev–Trinajstić information content (AvgIpc) is 1.93. The van der Waals surface area contributed by atoms with Crippen molar-refractivity contribution in [2.45, 2.75) is 37.8 Å². The number of hydrogen-bond acceptors (Lipinski definition) is 3. The van der Waals surface area contributed by atoms with Crippen LogP contribution in [0.1, 0.15) is 25.7 Å². The Morgan fingerprint density at radius 2 is 2.09 bits per heavy atom. The molecule has 0 radical (unpaired) electrons. The van der Waals surface area contributed by atoms with Gasteiger partial charge in [-0.2, -0.15) is 0 Å². The van der Waals surface area contributed by atoms with Gasteiger partial charge in [0.1, 0.15) is 6.04 Å². The van der Waals surface area contributed by atoms with Crippen LogP contribution in [0.4, 0.5) is 0 Å². The maximum atomic E-state index is 9.97. The summed E-state index contributed by atoms with van der Waals surface area (Å²) >= 11 is 0. The first-order valence-corrected chi connectivity index (χ1v) is 3.84. The van der Waals surface area contributed by atoms with Crippen molar-refractivity contribution in [2.75, 3.05) is 0 Å². The second kappa shape index (κ2) is 3.52. The molecule has 0 amide bonds. The lowest BCUT2D eigenvalue weighted by molar-refractivity contribution is -0.776. The van der Waals surface area contributed by atoms with Gasteiger partial charge in [-0.3, -0.25) is 0 Å². The summed E-state index contributed by atoms with van der Waals surface area (Å²) in [6.07, 6.45) is 3.59. The van der Waals surface area contributed by atoms with Gasteiger partial charge in [0.15, 0.2) is 6.10 Å². The molecule has 1 aliphatic rings. The van der Waals surface area contributed by atoms with E-state index in [-0.39, 0.29) is 12.1 Å². The third kappa shape index (κ3) is 2.34. The Hall–Kier alpha value is -0.840. The van der Waals surface area contributed by atoms with Crippen molar-refractivity contribution < 1.29 is 15.7 Å². The highest BCUT2D eigenvalue weighted by atomic mass is 17.0. The fourth-order valence-electron chi connectivity index (χ4n) is 1.42. The fourth-order valence-corrected chi connectivity index (χ4v) is 1.42. The molecule has 2 unspecified atom stereocenters. The summed E-state index contributed by atoms with van der Waals surface area (Å²) in [4.78, 5) is 14.4. The van der Waals surface area contributed by atoms with E-state index in [0.29, 0.717) is 0 Å². The summed E-state index contributed by atoms with van der Waals surface area (Å²) in [7, 11) is 0. The summed E-state index contributed by atoms with van der Waals surface area (Å²) in [5, 5.41) is 9.25. The normalized spacial score (nSPS) is 31.4. The Balaban J connectivity index is 2.35. The molecule has 0 bridgehead atoms. The Bertz CT molecular complexity index is 151. The van der Waals surface area contributed by atoms with Crippen molar-refractivity contribution in [1.82, 2.24) is 0 Å². The molecule has 0 heterocycles.